The number of hydrogen-bond acceptors (Lipinski definition) is 3. The standard InChI is InChI=1S/C22H27NO3/c1-17-15-23(3)18(2)14-22(17,19-10-6-4-7-11-19)26-21(24)16-25-20-12-8-5-9-13-20/h4-13,17-18H,14-16H2,1-3H3/p+1. The third kappa shape index (κ3) is 3.91. The molecule has 0 spiro atoms. The Morgan fingerprint density at radius 3 is 2.35 bits per heavy atom. The second kappa shape index (κ2) is 7.92. The van der Waals surface area contributed by atoms with E-state index < -0.39 is 5.60 Å². The third-order valence-corrected chi connectivity index (χ3v) is 5.53. The number of carbonyl (C=O) groups excluding carboxylic acids is 1. The van der Waals surface area contributed by atoms with Crippen LogP contribution in [0.1, 0.15) is 25.8 Å². The maximum Gasteiger partial charge on any atom is 0.345 e. The number of likely N-dealkylation sites (tertiary alicyclic amines) is 1. The first-order chi connectivity index (χ1) is 12.5. The summed E-state index contributed by atoms with van der Waals surface area (Å²) >= 11 is 0. The van der Waals surface area contributed by atoms with E-state index >= 15 is 0 Å². The molecule has 138 valence electrons. The molecule has 0 aromatic heterocycles. The second-order valence-corrected chi connectivity index (χ2v) is 7.39. The number of carbonyl (C=O) groups is 1. The molecule has 0 amide bonds. The minimum atomic E-state index is -0.600. The van der Waals surface area contributed by atoms with E-state index in [1.165, 1.54) is 4.90 Å². The van der Waals surface area contributed by atoms with Crippen LogP contribution in [0.3, 0.4) is 0 Å². The van der Waals surface area contributed by atoms with Gasteiger partial charge in [0.25, 0.3) is 0 Å². The quantitative estimate of drug-likeness (QED) is 0.839. The van der Waals surface area contributed by atoms with Crippen molar-refractivity contribution in [3.05, 3.63) is 66.2 Å². The Bertz CT molecular complexity index is 719. The maximum absolute atomic E-state index is 12.6. The van der Waals surface area contributed by atoms with Crippen molar-refractivity contribution in [2.75, 3.05) is 20.2 Å². The van der Waals surface area contributed by atoms with Crippen molar-refractivity contribution in [3.63, 3.8) is 0 Å². The summed E-state index contributed by atoms with van der Waals surface area (Å²) in [6.07, 6.45) is 0.807. The van der Waals surface area contributed by atoms with Crippen LogP contribution in [0.4, 0.5) is 0 Å². The summed E-state index contributed by atoms with van der Waals surface area (Å²) in [7, 11) is 2.20. The molecular formula is C22H28NO3+. The molecule has 2 aromatic carbocycles. The predicted octanol–water partition coefficient (Wildman–Crippen LogP) is 2.45. The van der Waals surface area contributed by atoms with Gasteiger partial charge in [-0.05, 0) is 24.6 Å². The van der Waals surface area contributed by atoms with Crippen molar-refractivity contribution in [3.8, 4) is 5.75 Å². The lowest BCUT2D eigenvalue weighted by Crippen LogP contribution is -3.15. The number of nitrogens with one attached hydrogen (secondary N) is 1. The average molecular weight is 354 g/mol. The molecule has 3 rings (SSSR count). The van der Waals surface area contributed by atoms with Gasteiger partial charge in [0.2, 0.25) is 0 Å². The Labute approximate surface area is 155 Å². The molecule has 1 fully saturated rings. The van der Waals surface area contributed by atoms with Gasteiger partial charge >= 0.3 is 5.97 Å². The molecule has 4 heteroatoms. The van der Waals surface area contributed by atoms with Gasteiger partial charge in [-0.1, -0.05) is 55.5 Å². The molecule has 1 aliphatic rings. The van der Waals surface area contributed by atoms with Gasteiger partial charge in [-0.2, -0.15) is 0 Å². The van der Waals surface area contributed by atoms with Crippen molar-refractivity contribution in [1.82, 2.24) is 0 Å². The minimum Gasteiger partial charge on any atom is -0.482 e. The molecule has 4 atom stereocenters. The molecule has 26 heavy (non-hydrogen) atoms. The third-order valence-electron chi connectivity index (χ3n) is 5.53. The van der Waals surface area contributed by atoms with Crippen LogP contribution in [0.15, 0.2) is 60.7 Å². The van der Waals surface area contributed by atoms with E-state index in [0.29, 0.717) is 11.8 Å². The van der Waals surface area contributed by atoms with E-state index in [4.69, 9.17) is 9.47 Å². The van der Waals surface area contributed by atoms with Gasteiger partial charge in [0.05, 0.1) is 19.6 Å². The summed E-state index contributed by atoms with van der Waals surface area (Å²) in [6, 6.07) is 19.9. The van der Waals surface area contributed by atoms with Gasteiger partial charge in [-0.25, -0.2) is 4.79 Å². The highest BCUT2D eigenvalue weighted by Gasteiger charge is 2.49. The Balaban J connectivity index is 1.79. The summed E-state index contributed by atoms with van der Waals surface area (Å²) in [4.78, 5) is 14.1. The predicted molar refractivity (Wildman–Crippen MR) is 101 cm³/mol. The summed E-state index contributed by atoms with van der Waals surface area (Å²) in [5.41, 5.74) is 0.469. The Hall–Kier alpha value is -2.33. The number of rotatable bonds is 5. The number of quaternary nitrogens is 1. The first-order valence-corrected chi connectivity index (χ1v) is 9.29. The zero-order chi connectivity index (χ0) is 18.6. The van der Waals surface area contributed by atoms with E-state index in [0.717, 1.165) is 18.5 Å². The van der Waals surface area contributed by atoms with Crippen LogP contribution in [0.5, 0.6) is 5.75 Å². The highest BCUT2D eigenvalue weighted by atomic mass is 16.6. The number of esters is 1. The first kappa shape index (κ1) is 18.5. The number of para-hydroxylation sites is 1. The Morgan fingerprint density at radius 2 is 1.69 bits per heavy atom. The molecule has 1 N–H and O–H groups in total. The van der Waals surface area contributed by atoms with Gasteiger partial charge in [0.15, 0.2) is 12.2 Å². The Morgan fingerprint density at radius 1 is 1.08 bits per heavy atom. The number of ether oxygens (including phenoxy) is 2. The molecule has 0 bridgehead atoms. The second-order valence-electron chi connectivity index (χ2n) is 7.39. The highest BCUT2D eigenvalue weighted by Crippen LogP contribution is 2.39. The summed E-state index contributed by atoms with van der Waals surface area (Å²) in [6.45, 7) is 5.27. The van der Waals surface area contributed by atoms with Gasteiger partial charge in [-0.3, -0.25) is 0 Å². The molecule has 0 radical (unpaired) electrons. The lowest BCUT2D eigenvalue weighted by molar-refractivity contribution is -0.916. The Kier molecular flexibility index (Phi) is 5.62. The number of benzene rings is 2. The fourth-order valence-electron chi connectivity index (χ4n) is 3.89. The van der Waals surface area contributed by atoms with Gasteiger partial charge in [0, 0.05) is 12.3 Å². The zero-order valence-corrected chi connectivity index (χ0v) is 15.8. The van der Waals surface area contributed by atoms with E-state index in [2.05, 4.69) is 33.0 Å². The molecule has 1 heterocycles. The smallest absolute Gasteiger partial charge is 0.345 e. The lowest BCUT2D eigenvalue weighted by atomic mass is 9.74. The lowest BCUT2D eigenvalue weighted by Gasteiger charge is -2.46. The molecule has 2 aromatic rings. The van der Waals surface area contributed by atoms with Crippen molar-refractivity contribution in [2.45, 2.75) is 31.9 Å². The largest absolute Gasteiger partial charge is 0.482 e. The topological polar surface area (TPSA) is 40.0 Å². The fourth-order valence-corrected chi connectivity index (χ4v) is 3.89. The average Bonchev–Trinajstić information content (AvgIpc) is 2.66. The van der Waals surface area contributed by atoms with Crippen LogP contribution in [0, 0.1) is 5.92 Å². The van der Waals surface area contributed by atoms with Crippen molar-refractivity contribution in [2.24, 2.45) is 5.92 Å². The monoisotopic (exact) mass is 354 g/mol. The summed E-state index contributed by atoms with van der Waals surface area (Å²) in [5, 5.41) is 0. The molecule has 0 saturated carbocycles. The minimum absolute atomic E-state index is 0.0810. The van der Waals surface area contributed by atoms with Crippen LogP contribution in [0.2, 0.25) is 0 Å². The molecule has 4 nitrogen and oxygen atoms in total. The van der Waals surface area contributed by atoms with Crippen molar-refractivity contribution < 1.29 is 19.2 Å². The van der Waals surface area contributed by atoms with E-state index in [-0.39, 0.29) is 18.5 Å². The molecule has 0 aliphatic carbocycles. The van der Waals surface area contributed by atoms with E-state index in [1.807, 2.05) is 48.5 Å². The van der Waals surface area contributed by atoms with Crippen LogP contribution >= 0.6 is 0 Å². The molecule has 4 unspecified atom stereocenters. The first-order valence-electron chi connectivity index (χ1n) is 9.29. The van der Waals surface area contributed by atoms with Crippen LogP contribution in [-0.4, -0.2) is 32.2 Å². The van der Waals surface area contributed by atoms with E-state index in [1.54, 1.807) is 0 Å². The number of piperidine rings is 1. The molecule has 1 saturated heterocycles. The maximum atomic E-state index is 12.6. The summed E-state index contributed by atoms with van der Waals surface area (Å²) < 4.78 is 11.7. The van der Waals surface area contributed by atoms with E-state index in [9.17, 15) is 4.79 Å². The van der Waals surface area contributed by atoms with Crippen LogP contribution in [-0.2, 0) is 15.1 Å². The van der Waals surface area contributed by atoms with Gasteiger partial charge < -0.3 is 14.4 Å². The highest BCUT2D eigenvalue weighted by molar-refractivity contribution is 5.72. The van der Waals surface area contributed by atoms with Gasteiger partial charge in [0.1, 0.15) is 5.75 Å². The number of hydrogen-bond donors (Lipinski definition) is 1. The van der Waals surface area contributed by atoms with Crippen molar-refractivity contribution in [1.29, 1.82) is 0 Å². The zero-order valence-electron chi connectivity index (χ0n) is 15.8. The van der Waals surface area contributed by atoms with Crippen molar-refractivity contribution >= 4 is 5.97 Å². The summed E-state index contributed by atoms with van der Waals surface area (Å²) in [5.74, 6) is 0.575. The van der Waals surface area contributed by atoms with Gasteiger partial charge in [-0.15, -0.1) is 0 Å². The SMILES string of the molecule is CC1CC(OC(=O)COc2ccccc2)(c2ccccc2)C(C)C[NH+]1C. The van der Waals surface area contributed by atoms with Crippen LogP contribution < -0.4 is 9.64 Å². The van der Waals surface area contributed by atoms with Crippen LogP contribution in [0.25, 0.3) is 0 Å². The molecular weight excluding hydrogens is 326 g/mol. The normalized spacial score (nSPS) is 28.3. The molecule has 1 aliphatic heterocycles. The fraction of sp³-hybridized carbons (Fsp3) is 0.409.